The van der Waals surface area contributed by atoms with Gasteiger partial charge in [-0.3, -0.25) is 4.79 Å². The van der Waals surface area contributed by atoms with Crippen LogP contribution in [0.3, 0.4) is 0 Å². The van der Waals surface area contributed by atoms with E-state index < -0.39 is 6.10 Å². The molecule has 26 heavy (non-hydrogen) atoms. The molecule has 2 nitrogen and oxygen atoms in total. The van der Waals surface area contributed by atoms with E-state index in [1.807, 2.05) is 31.2 Å². The summed E-state index contributed by atoms with van der Waals surface area (Å²) in [4.78, 5) is 11.6. The van der Waals surface area contributed by atoms with Crippen LogP contribution in [0.2, 0.25) is 0 Å². The molecule has 0 aromatic heterocycles. The fourth-order valence-corrected chi connectivity index (χ4v) is 3.44. The topological polar surface area (TPSA) is 37.3 Å². The molecule has 140 valence electrons. The summed E-state index contributed by atoms with van der Waals surface area (Å²) >= 11 is 0. The van der Waals surface area contributed by atoms with Crippen LogP contribution >= 0.6 is 0 Å². The van der Waals surface area contributed by atoms with Gasteiger partial charge in [-0.1, -0.05) is 63.1 Å². The molecule has 0 amide bonds. The second-order valence-corrected chi connectivity index (χ2v) is 7.24. The Balaban J connectivity index is 2.57. The van der Waals surface area contributed by atoms with Crippen molar-refractivity contribution in [2.75, 3.05) is 0 Å². The zero-order valence-corrected chi connectivity index (χ0v) is 16.6. The van der Waals surface area contributed by atoms with E-state index in [9.17, 15) is 9.90 Å². The monoisotopic (exact) mass is 352 g/mol. The lowest BCUT2D eigenvalue weighted by molar-refractivity contribution is 0.101. The number of aryl methyl sites for hydroxylation is 2. The van der Waals surface area contributed by atoms with E-state index in [4.69, 9.17) is 0 Å². The van der Waals surface area contributed by atoms with Gasteiger partial charge in [0.2, 0.25) is 0 Å². The number of unbranched alkanes of at least 4 members (excludes halogenated alkanes) is 2. The standard InChI is InChI=1S/C24H32O2/c1-5-7-9-19-15-22(10-8-6-2)24(23(16-19)18(4)26)21-13-11-20(12-14-21)17(3)25/h11-16,18,26H,5-10H2,1-4H3. The molecule has 2 aromatic rings. The van der Waals surface area contributed by atoms with Crippen molar-refractivity contribution in [3.63, 3.8) is 0 Å². The molecular formula is C24H32O2. The summed E-state index contributed by atoms with van der Waals surface area (Å²) in [5.74, 6) is 0.0772. The molecule has 0 aliphatic carbocycles. The number of carbonyl (C=O) groups excluding carboxylic acids is 1. The largest absolute Gasteiger partial charge is 0.389 e. The normalized spacial score (nSPS) is 12.2. The van der Waals surface area contributed by atoms with Gasteiger partial charge in [-0.05, 0) is 67.3 Å². The third-order valence-corrected chi connectivity index (χ3v) is 4.96. The number of carbonyl (C=O) groups is 1. The first kappa shape index (κ1) is 20.4. The molecule has 0 saturated heterocycles. The van der Waals surface area contributed by atoms with Crippen LogP contribution in [0.4, 0.5) is 0 Å². The summed E-state index contributed by atoms with van der Waals surface area (Å²) < 4.78 is 0. The van der Waals surface area contributed by atoms with Crippen molar-refractivity contribution < 1.29 is 9.90 Å². The summed E-state index contributed by atoms with van der Waals surface area (Å²) in [6, 6.07) is 12.3. The highest BCUT2D eigenvalue weighted by atomic mass is 16.3. The first-order chi connectivity index (χ1) is 12.5. The van der Waals surface area contributed by atoms with Gasteiger partial charge in [-0.2, -0.15) is 0 Å². The van der Waals surface area contributed by atoms with Crippen LogP contribution in [0.15, 0.2) is 36.4 Å². The molecule has 2 rings (SSSR count). The zero-order valence-electron chi connectivity index (χ0n) is 16.6. The second kappa shape index (κ2) is 9.68. The van der Waals surface area contributed by atoms with Crippen molar-refractivity contribution >= 4 is 5.78 Å². The Kier molecular flexibility index (Phi) is 7.59. The molecule has 2 heteroatoms. The van der Waals surface area contributed by atoms with Crippen LogP contribution in [0.1, 0.15) is 86.5 Å². The van der Waals surface area contributed by atoms with Crippen LogP contribution in [0, 0.1) is 0 Å². The summed E-state index contributed by atoms with van der Waals surface area (Å²) in [7, 11) is 0. The van der Waals surface area contributed by atoms with Gasteiger partial charge in [0.05, 0.1) is 6.10 Å². The number of aliphatic hydroxyl groups is 1. The summed E-state index contributed by atoms with van der Waals surface area (Å²) in [6.45, 7) is 7.85. The minimum atomic E-state index is -0.514. The van der Waals surface area contributed by atoms with E-state index in [1.165, 1.54) is 24.0 Å². The molecule has 1 N–H and O–H groups in total. The molecule has 0 aliphatic heterocycles. The Morgan fingerprint density at radius 3 is 2.15 bits per heavy atom. The van der Waals surface area contributed by atoms with Crippen LogP contribution in [-0.4, -0.2) is 10.9 Å². The summed E-state index contributed by atoms with van der Waals surface area (Å²) in [5, 5.41) is 10.5. The summed E-state index contributed by atoms with van der Waals surface area (Å²) in [5.41, 5.74) is 6.58. The maximum absolute atomic E-state index is 11.6. The number of aliphatic hydroxyl groups excluding tert-OH is 1. The maximum Gasteiger partial charge on any atom is 0.159 e. The Morgan fingerprint density at radius 2 is 1.62 bits per heavy atom. The highest BCUT2D eigenvalue weighted by Crippen LogP contribution is 2.34. The van der Waals surface area contributed by atoms with Crippen molar-refractivity contribution in [2.24, 2.45) is 0 Å². The van der Waals surface area contributed by atoms with Crippen LogP contribution in [-0.2, 0) is 12.8 Å². The minimum Gasteiger partial charge on any atom is -0.389 e. The average Bonchev–Trinajstić information content (AvgIpc) is 2.64. The lowest BCUT2D eigenvalue weighted by Crippen LogP contribution is -2.03. The van der Waals surface area contributed by atoms with Crippen LogP contribution < -0.4 is 0 Å². The van der Waals surface area contributed by atoms with Gasteiger partial charge < -0.3 is 5.11 Å². The molecular weight excluding hydrogens is 320 g/mol. The molecule has 0 radical (unpaired) electrons. The van der Waals surface area contributed by atoms with E-state index in [-0.39, 0.29) is 5.78 Å². The molecule has 0 bridgehead atoms. The second-order valence-electron chi connectivity index (χ2n) is 7.24. The molecule has 2 aromatic carbocycles. The Labute approximate surface area is 158 Å². The van der Waals surface area contributed by atoms with Gasteiger partial charge in [0.25, 0.3) is 0 Å². The molecule has 1 atom stereocenters. The van der Waals surface area contributed by atoms with E-state index >= 15 is 0 Å². The van der Waals surface area contributed by atoms with Crippen molar-refractivity contribution in [3.8, 4) is 11.1 Å². The summed E-state index contributed by atoms with van der Waals surface area (Å²) in [6.07, 6.45) is 6.17. The Bertz CT molecular complexity index is 727. The number of hydrogen-bond acceptors (Lipinski definition) is 2. The average molecular weight is 353 g/mol. The van der Waals surface area contributed by atoms with Crippen LogP contribution in [0.5, 0.6) is 0 Å². The van der Waals surface area contributed by atoms with E-state index in [1.54, 1.807) is 6.92 Å². The van der Waals surface area contributed by atoms with Gasteiger partial charge >= 0.3 is 0 Å². The molecule has 0 heterocycles. The van der Waals surface area contributed by atoms with Crippen LogP contribution in [0.25, 0.3) is 11.1 Å². The van der Waals surface area contributed by atoms with Gasteiger partial charge in [0.15, 0.2) is 5.78 Å². The van der Waals surface area contributed by atoms with E-state index in [0.717, 1.165) is 47.9 Å². The number of Topliss-reactive ketones (excluding diaryl/α,β-unsaturated/α-hetero) is 1. The predicted molar refractivity (Wildman–Crippen MR) is 110 cm³/mol. The fraction of sp³-hybridized carbons (Fsp3) is 0.458. The first-order valence-corrected chi connectivity index (χ1v) is 9.93. The highest BCUT2D eigenvalue weighted by molar-refractivity contribution is 5.94. The molecule has 0 aliphatic rings. The number of rotatable bonds is 9. The third kappa shape index (κ3) is 5.04. The van der Waals surface area contributed by atoms with Crippen molar-refractivity contribution in [2.45, 2.75) is 72.3 Å². The van der Waals surface area contributed by atoms with Gasteiger partial charge in [0.1, 0.15) is 0 Å². The Hall–Kier alpha value is -1.93. The Morgan fingerprint density at radius 1 is 1.00 bits per heavy atom. The number of ketones is 1. The number of benzene rings is 2. The lowest BCUT2D eigenvalue weighted by Gasteiger charge is -2.20. The quantitative estimate of drug-likeness (QED) is 0.538. The van der Waals surface area contributed by atoms with Gasteiger partial charge in [0, 0.05) is 5.56 Å². The van der Waals surface area contributed by atoms with Crippen molar-refractivity contribution in [1.29, 1.82) is 0 Å². The van der Waals surface area contributed by atoms with Crippen molar-refractivity contribution in [1.82, 2.24) is 0 Å². The third-order valence-electron chi connectivity index (χ3n) is 4.96. The van der Waals surface area contributed by atoms with E-state index in [2.05, 4.69) is 26.0 Å². The molecule has 0 saturated carbocycles. The number of hydrogen-bond donors (Lipinski definition) is 1. The minimum absolute atomic E-state index is 0.0772. The van der Waals surface area contributed by atoms with Gasteiger partial charge in [-0.25, -0.2) is 0 Å². The molecule has 0 fully saturated rings. The smallest absolute Gasteiger partial charge is 0.159 e. The fourth-order valence-electron chi connectivity index (χ4n) is 3.44. The zero-order chi connectivity index (χ0) is 19.1. The highest BCUT2D eigenvalue weighted by Gasteiger charge is 2.16. The predicted octanol–water partition coefficient (Wildman–Crippen LogP) is 6.29. The SMILES string of the molecule is CCCCc1cc(CCCC)c(-c2ccc(C(C)=O)cc2)c(C(C)O)c1. The van der Waals surface area contributed by atoms with Crippen molar-refractivity contribution in [3.05, 3.63) is 58.7 Å². The first-order valence-electron chi connectivity index (χ1n) is 9.93. The van der Waals surface area contributed by atoms with E-state index in [0.29, 0.717) is 0 Å². The molecule has 1 unspecified atom stereocenters. The maximum atomic E-state index is 11.6. The lowest BCUT2D eigenvalue weighted by atomic mass is 9.86. The molecule has 0 spiro atoms. The van der Waals surface area contributed by atoms with Gasteiger partial charge in [-0.15, -0.1) is 0 Å².